The number of aryl methyl sites for hydroxylation is 2. The Morgan fingerprint density at radius 3 is 2.56 bits per heavy atom. The minimum atomic E-state index is -2.95. The highest BCUT2D eigenvalue weighted by atomic mass is 32.2. The standard InChI is InChI=1S/C32H33FO7S/c1-18-11-23(38-15-20-9-10-41(36,37)17-20)12-19(2)31(18)25-5-7-27(33)32-26(25)6-8-28(32)40-22-3-4-24-21(13-30(34)35)16-39-29(24)14-22/h3-5,7,11-12,14,20-21,28H,6,8-10,13,15-17H2,1-2H3,(H,34,35)/t20?,21-,28-/m1/s1. The molecule has 216 valence electrons. The van der Waals surface area contributed by atoms with E-state index in [1.54, 1.807) is 12.1 Å². The topological polar surface area (TPSA) is 99.1 Å². The Balaban J connectivity index is 1.22. The highest BCUT2D eigenvalue weighted by Gasteiger charge is 2.33. The fourth-order valence-corrected chi connectivity index (χ4v) is 8.39. The molecule has 0 bridgehead atoms. The molecule has 9 heteroatoms. The van der Waals surface area contributed by atoms with Gasteiger partial charge in [0.05, 0.1) is 31.1 Å². The summed E-state index contributed by atoms with van der Waals surface area (Å²) in [6, 6.07) is 12.7. The normalized spacial score (nSPS) is 22.2. The Morgan fingerprint density at radius 2 is 1.85 bits per heavy atom. The van der Waals surface area contributed by atoms with E-state index in [1.807, 2.05) is 38.1 Å². The van der Waals surface area contributed by atoms with Gasteiger partial charge in [-0.25, -0.2) is 12.8 Å². The third-order valence-electron chi connectivity index (χ3n) is 8.43. The van der Waals surface area contributed by atoms with E-state index in [9.17, 15) is 13.2 Å². The van der Waals surface area contributed by atoms with Crippen molar-refractivity contribution in [2.75, 3.05) is 24.7 Å². The van der Waals surface area contributed by atoms with Crippen molar-refractivity contribution in [3.63, 3.8) is 0 Å². The number of halogens is 1. The number of hydrogen-bond donors (Lipinski definition) is 1. The van der Waals surface area contributed by atoms with Crippen LogP contribution in [0, 0.1) is 25.6 Å². The summed E-state index contributed by atoms with van der Waals surface area (Å²) in [5.74, 6) is 0.950. The van der Waals surface area contributed by atoms with Crippen LogP contribution in [-0.2, 0) is 21.1 Å². The van der Waals surface area contributed by atoms with Crippen molar-refractivity contribution in [2.24, 2.45) is 5.92 Å². The lowest BCUT2D eigenvalue weighted by molar-refractivity contribution is -0.137. The van der Waals surface area contributed by atoms with Gasteiger partial charge in [0.1, 0.15) is 29.2 Å². The molecule has 0 aromatic heterocycles. The molecule has 0 spiro atoms. The van der Waals surface area contributed by atoms with Crippen LogP contribution in [0.15, 0.2) is 42.5 Å². The first-order chi connectivity index (χ1) is 19.6. The zero-order chi connectivity index (χ0) is 28.9. The second-order valence-corrected chi connectivity index (χ2v) is 13.7. The average molecular weight is 581 g/mol. The van der Waals surface area contributed by atoms with E-state index >= 15 is 4.39 Å². The summed E-state index contributed by atoms with van der Waals surface area (Å²) in [6.07, 6.45) is 1.49. The van der Waals surface area contributed by atoms with Crippen molar-refractivity contribution in [3.05, 3.63) is 76.1 Å². The van der Waals surface area contributed by atoms with Gasteiger partial charge in [-0.1, -0.05) is 12.1 Å². The van der Waals surface area contributed by atoms with Crippen LogP contribution < -0.4 is 14.2 Å². The highest BCUT2D eigenvalue weighted by Crippen LogP contribution is 2.45. The Labute approximate surface area is 239 Å². The monoisotopic (exact) mass is 580 g/mol. The number of carboxylic acid groups (broad SMARTS) is 1. The lowest BCUT2D eigenvalue weighted by atomic mass is 9.90. The van der Waals surface area contributed by atoms with Gasteiger partial charge in [-0.05, 0) is 85.2 Å². The molecule has 0 saturated carbocycles. The summed E-state index contributed by atoms with van der Waals surface area (Å²) in [5.41, 5.74) is 6.37. The summed E-state index contributed by atoms with van der Waals surface area (Å²) in [6.45, 7) is 4.71. The van der Waals surface area contributed by atoms with E-state index in [2.05, 4.69) is 0 Å². The quantitative estimate of drug-likeness (QED) is 0.352. The van der Waals surface area contributed by atoms with Gasteiger partial charge >= 0.3 is 5.97 Å². The molecule has 6 rings (SSSR count). The molecule has 0 amide bonds. The summed E-state index contributed by atoms with van der Waals surface area (Å²) < 4.78 is 56.9. The maximum Gasteiger partial charge on any atom is 0.304 e. The zero-order valence-electron chi connectivity index (χ0n) is 23.1. The smallest absolute Gasteiger partial charge is 0.304 e. The van der Waals surface area contributed by atoms with Gasteiger partial charge in [0.25, 0.3) is 0 Å². The SMILES string of the molecule is Cc1cc(OCC2CCS(=O)(=O)C2)cc(C)c1-c1ccc(F)c2c1CC[C@H]2Oc1ccc2c(c1)OC[C@H]2CC(=O)O. The van der Waals surface area contributed by atoms with Crippen LogP contribution in [-0.4, -0.2) is 44.2 Å². The Morgan fingerprint density at radius 1 is 1.07 bits per heavy atom. The Kier molecular flexibility index (Phi) is 7.18. The molecule has 2 aliphatic heterocycles. The number of sulfone groups is 1. The molecule has 0 radical (unpaired) electrons. The first-order valence-corrected chi connectivity index (χ1v) is 15.8. The van der Waals surface area contributed by atoms with Gasteiger partial charge < -0.3 is 19.3 Å². The number of carboxylic acids is 1. The van der Waals surface area contributed by atoms with Gasteiger partial charge in [0.2, 0.25) is 0 Å². The van der Waals surface area contributed by atoms with Crippen LogP contribution in [0.3, 0.4) is 0 Å². The molecular formula is C32H33FO7S. The first-order valence-electron chi connectivity index (χ1n) is 14.0. The van der Waals surface area contributed by atoms with Gasteiger partial charge in [-0.15, -0.1) is 0 Å². The third-order valence-corrected chi connectivity index (χ3v) is 10.3. The van der Waals surface area contributed by atoms with Crippen molar-refractivity contribution in [3.8, 4) is 28.4 Å². The van der Waals surface area contributed by atoms with E-state index in [0.29, 0.717) is 55.3 Å². The van der Waals surface area contributed by atoms with E-state index in [1.165, 1.54) is 6.07 Å². The van der Waals surface area contributed by atoms with E-state index in [0.717, 1.165) is 33.4 Å². The van der Waals surface area contributed by atoms with Gasteiger partial charge in [-0.2, -0.15) is 0 Å². The van der Waals surface area contributed by atoms with Crippen LogP contribution in [0.5, 0.6) is 17.2 Å². The summed E-state index contributed by atoms with van der Waals surface area (Å²) in [7, 11) is -2.95. The van der Waals surface area contributed by atoms with Crippen molar-refractivity contribution >= 4 is 15.8 Å². The molecule has 3 aliphatic rings. The molecule has 3 aromatic carbocycles. The lowest BCUT2D eigenvalue weighted by Gasteiger charge is -2.19. The molecule has 1 fully saturated rings. The number of carbonyl (C=O) groups is 1. The molecule has 3 aromatic rings. The van der Waals surface area contributed by atoms with Crippen LogP contribution in [0.2, 0.25) is 0 Å². The lowest BCUT2D eigenvalue weighted by Crippen LogP contribution is -2.13. The van der Waals surface area contributed by atoms with Gasteiger partial charge in [0, 0.05) is 29.0 Å². The minimum absolute atomic E-state index is 0.00791. The van der Waals surface area contributed by atoms with Crippen LogP contribution in [0.1, 0.15) is 59.1 Å². The summed E-state index contributed by atoms with van der Waals surface area (Å²) in [5, 5.41) is 9.16. The first kappa shape index (κ1) is 27.6. The van der Waals surface area contributed by atoms with Gasteiger partial charge in [0.15, 0.2) is 9.84 Å². The van der Waals surface area contributed by atoms with E-state index in [4.69, 9.17) is 19.3 Å². The largest absolute Gasteiger partial charge is 0.493 e. The van der Waals surface area contributed by atoms with Crippen LogP contribution >= 0.6 is 0 Å². The second-order valence-electron chi connectivity index (χ2n) is 11.4. The van der Waals surface area contributed by atoms with Crippen LogP contribution in [0.25, 0.3) is 11.1 Å². The van der Waals surface area contributed by atoms with Gasteiger partial charge in [-0.3, -0.25) is 4.79 Å². The van der Waals surface area contributed by atoms with Crippen molar-refractivity contribution in [1.82, 2.24) is 0 Å². The van der Waals surface area contributed by atoms with Crippen molar-refractivity contribution in [1.29, 1.82) is 0 Å². The predicted octanol–water partition coefficient (Wildman–Crippen LogP) is 5.94. The molecule has 1 aliphatic carbocycles. The Hall–Kier alpha value is -3.59. The van der Waals surface area contributed by atoms with Crippen LogP contribution in [0.4, 0.5) is 4.39 Å². The molecule has 7 nitrogen and oxygen atoms in total. The number of rotatable bonds is 8. The number of benzene rings is 3. The fourth-order valence-electron chi connectivity index (χ4n) is 6.55. The zero-order valence-corrected chi connectivity index (χ0v) is 23.9. The number of ether oxygens (including phenoxy) is 3. The minimum Gasteiger partial charge on any atom is -0.493 e. The number of hydrogen-bond acceptors (Lipinski definition) is 6. The molecule has 1 N–H and O–H groups in total. The van der Waals surface area contributed by atoms with Crippen molar-refractivity contribution < 1.29 is 36.9 Å². The maximum absolute atomic E-state index is 15.3. The van der Waals surface area contributed by atoms with Crippen molar-refractivity contribution in [2.45, 2.75) is 51.6 Å². The third kappa shape index (κ3) is 5.52. The molecule has 1 saturated heterocycles. The second kappa shape index (κ2) is 10.7. The highest BCUT2D eigenvalue weighted by molar-refractivity contribution is 7.91. The molecule has 2 heterocycles. The number of aliphatic carboxylic acids is 1. The molecular weight excluding hydrogens is 547 g/mol. The van der Waals surface area contributed by atoms with E-state index in [-0.39, 0.29) is 35.6 Å². The fraction of sp³-hybridized carbons (Fsp3) is 0.406. The molecule has 41 heavy (non-hydrogen) atoms. The molecule has 1 unspecified atom stereocenters. The number of fused-ring (bicyclic) bond motifs is 2. The Bertz CT molecular complexity index is 1610. The average Bonchev–Trinajstić information content (AvgIpc) is 3.60. The summed E-state index contributed by atoms with van der Waals surface area (Å²) in [4.78, 5) is 11.2. The predicted molar refractivity (Wildman–Crippen MR) is 152 cm³/mol. The maximum atomic E-state index is 15.3. The molecule has 3 atom stereocenters. The van der Waals surface area contributed by atoms with E-state index < -0.39 is 21.9 Å². The summed E-state index contributed by atoms with van der Waals surface area (Å²) >= 11 is 0.